The number of anilines is 2. The molecule has 2 heterocycles. The molecule has 0 bridgehead atoms. The van der Waals surface area contributed by atoms with Gasteiger partial charge < -0.3 is 10.3 Å². The number of carbonyl (C=O) groups excluding carboxylic acids is 1. The lowest BCUT2D eigenvalue weighted by molar-refractivity contribution is 0.103. The number of rotatable bonds is 7. The van der Waals surface area contributed by atoms with Crippen molar-refractivity contribution in [3.63, 3.8) is 0 Å². The third-order valence-electron chi connectivity index (χ3n) is 4.81. The molecule has 2 aromatic heterocycles. The Bertz CT molecular complexity index is 1520. The fourth-order valence-electron chi connectivity index (χ4n) is 3.34. The fraction of sp³-hybridized carbons (Fsp3) is 0.136. The lowest BCUT2D eigenvalue weighted by Crippen LogP contribution is -2.17. The van der Waals surface area contributed by atoms with E-state index in [2.05, 4.69) is 20.3 Å². The normalized spacial score (nSPS) is 11.7. The van der Waals surface area contributed by atoms with E-state index in [0.29, 0.717) is 0 Å². The summed E-state index contributed by atoms with van der Waals surface area (Å²) in [5.74, 6) is -4.19. The van der Waals surface area contributed by atoms with E-state index in [1.807, 2.05) is 18.6 Å². The number of hydrogen-bond donors (Lipinski definition) is 3. The number of fused-ring (bicyclic) bond motifs is 1. The SMILES string of the molecule is CC(C)Nc1ncnc2[nH]cc(C(=O)c3c(F)ccc(NS(=O)(=O)c4cccc(F)c4)c3F)c12. The van der Waals surface area contributed by atoms with E-state index in [1.54, 1.807) is 0 Å². The van der Waals surface area contributed by atoms with Crippen molar-refractivity contribution in [2.75, 3.05) is 10.0 Å². The van der Waals surface area contributed by atoms with Gasteiger partial charge in [0.2, 0.25) is 5.78 Å². The van der Waals surface area contributed by atoms with Gasteiger partial charge in [-0.1, -0.05) is 6.07 Å². The Labute approximate surface area is 192 Å². The number of benzene rings is 2. The third-order valence-corrected chi connectivity index (χ3v) is 6.17. The van der Waals surface area contributed by atoms with Gasteiger partial charge in [-0.2, -0.15) is 0 Å². The van der Waals surface area contributed by atoms with Gasteiger partial charge >= 0.3 is 0 Å². The first-order valence-corrected chi connectivity index (χ1v) is 11.5. The first-order valence-electron chi connectivity index (χ1n) is 9.98. The van der Waals surface area contributed by atoms with Gasteiger partial charge in [0.25, 0.3) is 10.0 Å². The van der Waals surface area contributed by atoms with Crippen LogP contribution < -0.4 is 10.0 Å². The summed E-state index contributed by atoms with van der Waals surface area (Å²) in [4.78, 5) is 23.7. The van der Waals surface area contributed by atoms with Gasteiger partial charge in [0.1, 0.15) is 29.4 Å². The van der Waals surface area contributed by atoms with Gasteiger partial charge in [-0.05, 0) is 44.2 Å². The van der Waals surface area contributed by atoms with Gasteiger partial charge in [0, 0.05) is 12.2 Å². The quantitative estimate of drug-likeness (QED) is 0.335. The molecule has 3 N–H and O–H groups in total. The van der Waals surface area contributed by atoms with Crippen LogP contribution in [0.15, 0.2) is 53.8 Å². The first kappa shape index (κ1) is 23.2. The highest BCUT2D eigenvalue weighted by atomic mass is 32.2. The van der Waals surface area contributed by atoms with Crippen molar-refractivity contribution in [3.8, 4) is 0 Å². The number of aromatic amines is 1. The molecule has 12 heteroatoms. The zero-order valence-corrected chi connectivity index (χ0v) is 18.7. The number of sulfonamides is 1. The Morgan fingerprint density at radius 3 is 2.56 bits per heavy atom. The second-order valence-corrected chi connectivity index (χ2v) is 9.31. The Kier molecular flexibility index (Phi) is 6.00. The maximum Gasteiger partial charge on any atom is 0.262 e. The largest absolute Gasteiger partial charge is 0.367 e. The van der Waals surface area contributed by atoms with Crippen LogP contribution in [0.5, 0.6) is 0 Å². The predicted molar refractivity (Wildman–Crippen MR) is 120 cm³/mol. The van der Waals surface area contributed by atoms with E-state index in [-0.39, 0.29) is 28.5 Å². The summed E-state index contributed by atoms with van der Waals surface area (Å²) in [7, 11) is -4.42. The van der Waals surface area contributed by atoms with E-state index < -0.39 is 49.4 Å². The number of halogens is 3. The van der Waals surface area contributed by atoms with Crippen LogP contribution in [0.1, 0.15) is 29.8 Å². The number of nitrogens with zero attached hydrogens (tertiary/aromatic N) is 2. The zero-order valence-electron chi connectivity index (χ0n) is 17.9. The Hall–Kier alpha value is -3.93. The van der Waals surface area contributed by atoms with Crippen LogP contribution in [0, 0.1) is 17.5 Å². The molecular weight excluding hydrogens is 471 g/mol. The average Bonchev–Trinajstić information content (AvgIpc) is 3.21. The van der Waals surface area contributed by atoms with Crippen molar-refractivity contribution in [2.45, 2.75) is 24.8 Å². The molecule has 4 aromatic rings. The number of ketones is 1. The molecule has 176 valence electrons. The van der Waals surface area contributed by atoms with Crippen LogP contribution in [-0.4, -0.2) is 35.2 Å². The summed E-state index contributed by atoms with van der Waals surface area (Å²) in [6, 6.07) is 5.59. The summed E-state index contributed by atoms with van der Waals surface area (Å²) in [6.07, 6.45) is 2.51. The van der Waals surface area contributed by atoms with Crippen molar-refractivity contribution >= 4 is 38.3 Å². The minimum atomic E-state index is -4.42. The van der Waals surface area contributed by atoms with Gasteiger partial charge in [-0.15, -0.1) is 0 Å². The van der Waals surface area contributed by atoms with Crippen LogP contribution >= 0.6 is 0 Å². The number of aromatic nitrogens is 3. The van der Waals surface area contributed by atoms with Gasteiger partial charge in [-0.3, -0.25) is 9.52 Å². The molecule has 34 heavy (non-hydrogen) atoms. The maximum atomic E-state index is 15.3. The predicted octanol–water partition coefficient (Wildman–Crippen LogP) is 4.23. The lowest BCUT2D eigenvalue weighted by atomic mass is 10.0. The average molecular weight is 489 g/mol. The monoisotopic (exact) mass is 489 g/mol. The summed E-state index contributed by atoms with van der Waals surface area (Å²) < 4.78 is 70.5. The van der Waals surface area contributed by atoms with Gasteiger partial charge in [-0.25, -0.2) is 31.6 Å². The van der Waals surface area contributed by atoms with E-state index >= 15 is 4.39 Å². The molecule has 0 radical (unpaired) electrons. The van der Waals surface area contributed by atoms with Gasteiger partial charge in [0.05, 0.1) is 27.1 Å². The summed E-state index contributed by atoms with van der Waals surface area (Å²) in [6.45, 7) is 3.69. The fourth-order valence-corrected chi connectivity index (χ4v) is 4.43. The topological polar surface area (TPSA) is 117 Å². The highest BCUT2D eigenvalue weighted by Gasteiger charge is 2.27. The van der Waals surface area contributed by atoms with E-state index in [0.717, 1.165) is 30.3 Å². The Morgan fingerprint density at radius 2 is 1.85 bits per heavy atom. The standard InChI is InChI=1S/C22H18F3N5O3S/c1-11(2)29-22-17-14(9-26-21(17)27-10-28-22)20(31)18-15(24)6-7-16(19(18)25)30-34(32,33)13-5-3-4-12(23)8-13/h3-11,30H,1-2H3,(H2,26,27,28,29). The Morgan fingerprint density at radius 1 is 1.09 bits per heavy atom. The highest BCUT2D eigenvalue weighted by Crippen LogP contribution is 2.30. The molecule has 0 saturated carbocycles. The van der Waals surface area contributed by atoms with Crippen LogP contribution in [0.4, 0.5) is 24.7 Å². The van der Waals surface area contributed by atoms with E-state index in [9.17, 15) is 22.0 Å². The molecule has 0 saturated heterocycles. The molecule has 0 amide bonds. The molecule has 8 nitrogen and oxygen atoms in total. The molecule has 0 unspecified atom stereocenters. The molecule has 0 aliphatic heterocycles. The van der Waals surface area contributed by atoms with Crippen LogP contribution in [0.2, 0.25) is 0 Å². The number of hydrogen-bond acceptors (Lipinski definition) is 6. The summed E-state index contributed by atoms with van der Waals surface area (Å²) in [5, 5.41) is 3.27. The summed E-state index contributed by atoms with van der Waals surface area (Å²) >= 11 is 0. The van der Waals surface area contributed by atoms with Crippen LogP contribution in [-0.2, 0) is 10.0 Å². The molecular formula is C22H18F3N5O3S. The molecule has 0 spiro atoms. The molecule has 0 atom stereocenters. The zero-order chi connectivity index (χ0) is 24.6. The smallest absolute Gasteiger partial charge is 0.262 e. The summed E-state index contributed by atoms with van der Waals surface area (Å²) in [5.41, 5.74) is -1.49. The lowest BCUT2D eigenvalue weighted by Gasteiger charge is -2.13. The van der Waals surface area contributed by atoms with Crippen molar-refractivity contribution in [2.24, 2.45) is 0 Å². The third kappa shape index (κ3) is 4.31. The van der Waals surface area contributed by atoms with Crippen molar-refractivity contribution in [3.05, 3.63) is 77.5 Å². The second-order valence-electron chi connectivity index (χ2n) is 7.62. The molecule has 4 rings (SSSR count). The molecule has 0 aliphatic carbocycles. The Balaban J connectivity index is 1.78. The number of carbonyl (C=O) groups is 1. The molecule has 2 aromatic carbocycles. The van der Waals surface area contributed by atoms with Crippen LogP contribution in [0.3, 0.4) is 0 Å². The van der Waals surface area contributed by atoms with Crippen molar-refractivity contribution in [1.82, 2.24) is 15.0 Å². The number of nitrogens with one attached hydrogen (secondary N) is 3. The van der Waals surface area contributed by atoms with Crippen molar-refractivity contribution < 1.29 is 26.4 Å². The van der Waals surface area contributed by atoms with Crippen LogP contribution in [0.25, 0.3) is 11.0 Å². The first-order chi connectivity index (χ1) is 16.1. The minimum Gasteiger partial charge on any atom is -0.367 e. The molecule has 0 aliphatic rings. The van der Waals surface area contributed by atoms with E-state index in [4.69, 9.17) is 0 Å². The minimum absolute atomic E-state index is 0.0648. The number of H-pyrrole nitrogens is 1. The van der Waals surface area contributed by atoms with Gasteiger partial charge in [0.15, 0.2) is 5.82 Å². The van der Waals surface area contributed by atoms with E-state index in [1.165, 1.54) is 18.6 Å². The second kappa shape index (κ2) is 8.78. The maximum absolute atomic E-state index is 15.3. The molecule has 0 fully saturated rings. The van der Waals surface area contributed by atoms with Crippen molar-refractivity contribution in [1.29, 1.82) is 0 Å². The highest BCUT2D eigenvalue weighted by molar-refractivity contribution is 7.92.